The molecule has 0 amide bonds. The van der Waals surface area contributed by atoms with Gasteiger partial charge in [0.15, 0.2) is 6.10 Å². The van der Waals surface area contributed by atoms with Gasteiger partial charge in [-0.05, 0) is 51.4 Å². The minimum absolute atomic E-state index is 0.0650. The van der Waals surface area contributed by atoms with Crippen LogP contribution in [-0.4, -0.2) is 37.2 Å². The summed E-state index contributed by atoms with van der Waals surface area (Å²) < 4.78 is 17.0. The lowest BCUT2D eigenvalue weighted by Gasteiger charge is -2.18. The normalized spacial score (nSPS) is 12.1. The lowest BCUT2D eigenvalue weighted by Crippen LogP contribution is -2.30. The number of carbonyl (C=O) groups excluding carboxylic acids is 3. The first-order valence-electron chi connectivity index (χ1n) is 37.8. The monoisotopic (exact) mass is 1170 g/mol. The van der Waals surface area contributed by atoms with E-state index in [1.165, 1.54) is 327 Å². The Bertz CT molecular complexity index is 1340. The SMILES string of the molecule is CCCCCCC/C=C\C/C=C\CCCCCCCCCCCCCC(=O)OC(COC(=O)CCCCCCCCCCCCCCCC)COC(=O)CCCCCCCCCCCCCCCCCCCCCCCCCCCCCC. The zero-order chi connectivity index (χ0) is 59.9. The number of allylic oxidation sites excluding steroid dienone is 4. The third-order valence-electron chi connectivity index (χ3n) is 17.5. The van der Waals surface area contributed by atoms with Crippen LogP contribution in [-0.2, 0) is 28.6 Å². The molecule has 0 aliphatic heterocycles. The maximum atomic E-state index is 13.0. The van der Waals surface area contributed by atoms with Crippen molar-refractivity contribution in [3.63, 3.8) is 0 Å². The van der Waals surface area contributed by atoms with Gasteiger partial charge in [-0.15, -0.1) is 0 Å². The highest BCUT2D eigenvalue weighted by atomic mass is 16.6. The molecule has 0 aliphatic rings. The third kappa shape index (κ3) is 70.5. The summed E-state index contributed by atoms with van der Waals surface area (Å²) in [7, 11) is 0. The Labute approximate surface area is 519 Å². The Hall–Kier alpha value is -2.11. The lowest BCUT2D eigenvalue weighted by atomic mass is 10.0. The maximum Gasteiger partial charge on any atom is 0.306 e. The average Bonchev–Trinajstić information content (AvgIpc) is 3.49. The molecule has 1 atom stereocenters. The van der Waals surface area contributed by atoms with Crippen molar-refractivity contribution in [1.29, 1.82) is 0 Å². The van der Waals surface area contributed by atoms with Gasteiger partial charge in [-0.25, -0.2) is 0 Å². The lowest BCUT2D eigenvalue weighted by molar-refractivity contribution is -0.167. The molecular weight excluding hydrogens is 1020 g/mol. The number of unbranched alkanes of at least 4 members (excludes halogenated alkanes) is 56. The second kappa shape index (κ2) is 72.4. The highest BCUT2D eigenvalue weighted by Gasteiger charge is 2.20. The van der Waals surface area contributed by atoms with Crippen LogP contribution in [0.3, 0.4) is 0 Å². The number of rotatable bonds is 71. The van der Waals surface area contributed by atoms with Crippen LogP contribution in [0.5, 0.6) is 0 Å². The van der Waals surface area contributed by atoms with Gasteiger partial charge in [0.1, 0.15) is 13.2 Å². The number of carbonyl (C=O) groups is 3. The Morgan fingerprint density at radius 1 is 0.241 bits per heavy atom. The predicted octanol–water partition coefficient (Wildman–Crippen LogP) is 26.1. The molecule has 0 saturated heterocycles. The van der Waals surface area contributed by atoms with E-state index in [-0.39, 0.29) is 31.1 Å². The summed E-state index contributed by atoms with van der Waals surface area (Å²) in [4.78, 5) is 38.5. The molecule has 490 valence electrons. The summed E-state index contributed by atoms with van der Waals surface area (Å²) in [6.07, 6.45) is 89.4. The fraction of sp³-hybridized carbons (Fsp3) is 0.909. The highest BCUT2D eigenvalue weighted by Crippen LogP contribution is 2.19. The van der Waals surface area contributed by atoms with Crippen LogP contribution in [0.2, 0.25) is 0 Å². The molecule has 0 heterocycles. The smallest absolute Gasteiger partial charge is 0.306 e. The van der Waals surface area contributed by atoms with Crippen molar-refractivity contribution in [3.8, 4) is 0 Å². The molecule has 83 heavy (non-hydrogen) atoms. The average molecular weight is 1170 g/mol. The van der Waals surface area contributed by atoms with Gasteiger partial charge in [-0.3, -0.25) is 14.4 Å². The van der Waals surface area contributed by atoms with Gasteiger partial charge in [0.05, 0.1) is 0 Å². The number of hydrogen-bond acceptors (Lipinski definition) is 6. The number of ether oxygens (including phenoxy) is 3. The van der Waals surface area contributed by atoms with Gasteiger partial charge in [0, 0.05) is 19.3 Å². The molecule has 0 saturated carbocycles. The Kier molecular flexibility index (Phi) is 70.5. The van der Waals surface area contributed by atoms with E-state index in [1.54, 1.807) is 0 Å². The summed E-state index contributed by atoms with van der Waals surface area (Å²) in [5.74, 6) is -0.831. The molecule has 0 aliphatic carbocycles. The Morgan fingerprint density at radius 2 is 0.434 bits per heavy atom. The fourth-order valence-electron chi connectivity index (χ4n) is 11.8. The van der Waals surface area contributed by atoms with Gasteiger partial charge in [0.2, 0.25) is 0 Å². The standard InChI is InChI=1S/C77H146O6/c1-4-7-10-13-16-19-22-25-28-30-32-34-36-37-38-39-40-42-43-45-47-49-52-55-58-61-64-67-70-76(79)82-73-74(72-81-75(78)69-66-63-60-57-54-51-27-24-21-18-15-12-9-6-3)83-77(80)71-68-65-62-59-56-53-50-48-46-44-41-35-33-31-29-26-23-20-17-14-11-8-5-2/h23,26,31,33,74H,4-22,24-25,27-30,32,34-73H2,1-3H3/b26-23-,33-31-. The first-order chi connectivity index (χ1) is 41.0. The van der Waals surface area contributed by atoms with Crippen molar-refractivity contribution in [2.45, 2.75) is 438 Å². The van der Waals surface area contributed by atoms with Crippen molar-refractivity contribution >= 4 is 17.9 Å². The van der Waals surface area contributed by atoms with Gasteiger partial charge < -0.3 is 14.2 Å². The van der Waals surface area contributed by atoms with Crippen LogP contribution in [0.25, 0.3) is 0 Å². The van der Waals surface area contributed by atoms with E-state index in [0.717, 1.165) is 64.2 Å². The van der Waals surface area contributed by atoms with Crippen LogP contribution < -0.4 is 0 Å². The minimum Gasteiger partial charge on any atom is -0.462 e. The van der Waals surface area contributed by atoms with Crippen LogP contribution in [0.1, 0.15) is 432 Å². The quantitative estimate of drug-likeness (QED) is 0.0261. The number of esters is 3. The number of hydrogen-bond donors (Lipinski definition) is 0. The summed E-state index contributed by atoms with van der Waals surface area (Å²) in [5, 5.41) is 0. The summed E-state index contributed by atoms with van der Waals surface area (Å²) in [6.45, 7) is 6.72. The molecule has 6 heteroatoms. The summed E-state index contributed by atoms with van der Waals surface area (Å²) in [6, 6.07) is 0. The maximum absolute atomic E-state index is 13.0. The molecule has 0 radical (unpaired) electrons. The van der Waals surface area contributed by atoms with E-state index in [4.69, 9.17) is 14.2 Å². The predicted molar refractivity (Wildman–Crippen MR) is 363 cm³/mol. The molecule has 0 bridgehead atoms. The second-order valence-corrected chi connectivity index (χ2v) is 25.9. The zero-order valence-electron chi connectivity index (χ0n) is 56.5. The molecule has 1 unspecified atom stereocenters. The minimum atomic E-state index is -0.770. The van der Waals surface area contributed by atoms with E-state index < -0.39 is 6.10 Å². The highest BCUT2D eigenvalue weighted by molar-refractivity contribution is 5.71. The molecule has 6 nitrogen and oxygen atoms in total. The van der Waals surface area contributed by atoms with Crippen molar-refractivity contribution in [2.75, 3.05) is 13.2 Å². The van der Waals surface area contributed by atoms with Gasteiger partial charge in [-0.2, -0.15) is 0 Å². The van der Waals surface area contributed by atoms with Crippen molar-refractivity contribution in [1.82, 2.24) is 0 Å². The van der Waals surface area contributed by atoms with Crippen LogP contribution in [0, 0.1) is 0 Å². The third-order valence-corrected chi connectivity index (χ3v) is 17.5. The van der Waals surface area contributed by atoms with Crippen LogP contribution in [0.15, 0.2) is 24.3 Å². The summed E-state index contributed by atoms with van der Waals surface area (Å²) in [5.41, 5.74) is 0. The molecule has 0 fully saturated rings. The molecule has 0 N–H and O–H groups in total. The topological polar surface area (TPSA) is 78.9 Å². The van der Waals surface area contributed by atoms with E-state index in [2.05, 4.69) is 45.1 Å². The fourth-order valence-corrected chi connectivity index (χ4v) is 11.8. The molecule has 0 aromatic rings. The first-order valence-corrected chi connectivity index (χ1v) is 37.8. The van der Waals surface area contributed by atoms with Crippen LogP contribution in [0.4, 0.5) is 0 Å². The van der Waals surface area contributed by atoms with Gasteiger partial charge >= 0.3 is 17.9 Å². The molecule has 0 aromatic carbocycles. The molecular formula is C77H146O6. The molecule has 0 spiro atoms. The van der Waals surface area contributed by atoms with E-state index in [0.29, 0.717) is 19.3 Å². The van der Waals surface area contributed by atoms with Gasteiger partial charge in [0.25, 0.3) is 0 Å². The molecule has 0 rings (SSSR count). The second-order valence-electron chi connectivity index (χ2n) is 25.9. The van der Waals surface area contributed by atoms with Crippen LogP contribution >= 0.6 is 0 Å². The zero-order valence-corrected chi connectivity index (χ0v) is 56.5. The van der Waals surface area contributed by atoms with E-state index in [1.807, 2.05) is 0 Å². The molecule has 0 aromatic heterocycles. The first kappa shape index (κ1) is 80.9. The van der Waals surface area contributed by atoms with Crippen molar-refractivity contribution in [2.24, 2.45) is 0 Å². The van der Waals surface area contributed by atoms with E-state index in [9.17, 15) is 14.4 Å². The van der Waals surface area contributed by atoms with Crippen molar-refractivity contribution < 1.29 is 28.6 Å². The summed E-state index contributed by atoms with van der Waals surface area (Å²) >= 11 is 0. The van der Waals surface area contributed by atoms with E-state index >= 15 is 0 Å². The Balaban J connectivity index is 4.20. The Morgan fingerprint density at radius 3 is 0.663 bits per heavy atom. The largest absolute Gasteiger partial charge is 0.462 e. The van der Waals surface area contributed by atoms with Gasteiger partial charge in [-0.1, -0.05) is 385 Å². The van der Waals surface area contributed by atoms with Crippen molar-refractivity contribution in [3.05, 3.63) is 24.3 Å².